The fraction of sp³-hybridized carbons (Fsp3) is 0.526. The number of β-lactam (4-membered cyclic amide) rings is 1. The molecular weight excluding hydrogens is 420 g/mol. The van der Waals surface area contributed by atoms with Gasteiger partial charge in [0.05, 0.1) is 0 Å². The van der Waals surface area contributed by atoms with Crippen LogP contribution in [0.15, 0.2) is 30.3 Å². The van der Waals surface area contributed by atoms with Gasteiger partial charge in [-0.3, -0.25) is 14.9 Å². The molecule has 0 bridgehead atoms. The Morgan fingerprint density at radius 2 is 1.96 bits per heavy atom. The van der Waals surface area contributed by atoms with Crippen LogP contribution in [-0.4, -0.2) is 49.5 Å². The van der Waals surface area contributed by atoms with Crippen LogP contribution in [0.4, 0.5) is 0 Å². The number of nitrogens with one attached hydrogen (secondary N) is 1. The second kappa shape index (κ2) is 7.80. The Bertz CT molecular complexity index is 791. The van der Waals surface area contributed by atoms with E-state index in [-0.39, 0.29) is 18.4 Å². The van der Waals surface area contributed by atoms with E-state index in [1.165, 1.54) is 23.6 Å². The molecule has 2 aliphatic heterocycles. The van der Waals surface area contributed by atoms with Gasteiger partial charge in [0.15, 0.2) is 16.1 Å². The number of carbonyl (C=O) groups is 3. The molecule has 0 aliphatic carbocycles. The fourth-order valence-corrected chi connectivity index (χ4v) is 7.81. The highest BCUT2D eigenvalue weighted by Gasteiger charge is 2.80. The Morgan fingerprint density at radius 1 is 1.32 bits per heavy atom. The molecule has 9 heteroatoms. The number of ether oxygens (including phenoxy) is 1. The molecule has 2 heterocycles. The molecule has 1 aromatic rings. The van der Waals surface area contributed by atoms with Crippen molar-refractivity contribution < 1.29 is 19.1 Å². The van der Waals surface area contributed by atoms with Crippen molar-refractivity contribution in [2.45, 2.75) is 55.3 Å². The fourth-order valence-electron chi connectivity index (χ4n) is 3.68. The van der Waals surface area contributed by atoms with Gasteiger partial charge in [0.25, 0.3) is 0 Å². The van der Waals surface area contributed by atoms with Gasteiger partial charge < -0.3 is 9.64 Å². The van der Waals surface area contributed by atoms with Crippen molar-refractivity contribution >= 4 is 50.3 Å². The predicted octanol–water partition coefficient (Wildman–Crippen LogP) is 2.42. The van der Waals surface area contributed by atoms with Crippen molar-refractivity contribution in [3.8, 4) is 0 Å². The topological polar surface area (TPSA) is 75.7 Å². The third-order valence-electron chi connectivity index (χ3n) is 4.92. The molecule has 2 saturated heterocycles. The summed E-state index contributed by atoms with van der Waals surface area (Å²) in [6.07, 6.45) is 0. The lowest BCUT2D eigenvalue weighted by atomic mass is 9.95. The lowest BCUT2D eigenvalue weighted by Crippen LogP contribution is -2.81. The quantitative estimate of drug-likeness (QED) is 0.415. The number of carbonyl (C=O) groups excluding carboxylic acids is 3. The summed E-state index contributed by atoms with van der Waals surface area (Å²) in [7, 11) is 5.65. The van der Waals surface area contributed by atoms with Crippen LogP contribution in [0.3, 0.4) is 0 Å². The molecule has 1 aromatic carbocycles. The molecule has 1 unspecified atom stereocenters. The van der Waals surface area contributed by atoms with E-state index in [1.807, 2.05) is 51.1 Å². The van der Waals surface area contributed by atoms with Gasteiger partial charge in [0.2, 0.25) is 5.91 Å². The van der Waals surface area contributed by atoms with Crippen molar-refractivity contribution in [2.24, 2.45) is 0 Å². The monoisotopic (exact) mass is 443 g/mol. The Labute approximate surface area is 176 Å². The Hall–Kier alpha value is -1.38. The summed E-state index contributed by atoms with van der Waals surface area (Å²) in [5.74, 6) is -0.525. The van der Waals surface area contributed by atoms with Crippen LogP contribution in [0.1, 0.15) is 33.3 Å². The van der Waals surface area contributed by atoms with Crippen LogP contribution in [0, 0.1) is 0 Å². The zero-order valence-corrected chi connectivity index (χ0v) is 18.6. The van der Waals surface area contributed by atoms with Crippen LogP contribution in [0.25, 0.3) is 0 Å². The highest BCUT2D eigenvalue weighted by Crippen LogP contribution is 2.57. The minimum atomic E-state index is -1.17. The number of hydrogen-bond acceptors (Lipinski definition) is 5. The second-order valence-corrected chi connectivity index (χ2v) is 12.1. The van der Waals surface area contributed by atoms with Gasteiger partial charge in [-0.2, -0.15) is 0 Å². The average molecular weight is 444 g/mol. The number of esters is 1. The van der Waals surface area contributed by atoms with Crippen molar-refractivity contribution in [3.05, 3.63) is 35.9 Å². The molecule has 6 nitrogen and oxygen atoms in total. The number of halogens is 1. The maximum absolute atomic E-state index is 13.2. The normalized spacial score (nSPS) is 28.9. The molecule has 0 saturated carbocycles. The first-order chi connectivity index (χ1) is 13.1. The second-order valence-electron chi connectivity index (χ2n) is 7.32. The number of fused-ring (bicyclic) bond motifs is 1. The van der Waals surface area contributed by atoms with Crippen molar-refractivity contribution in [2.75, 3.05) is 5.75 Å². The van der Waals surface area contributed by atoms with Crippen LogP contribution < -0.4 is 5.32 Å². The molecule has 0 spiro atoms. The lowest BCUT2D eigenvalue weighted by molar-refractivity contribution is -0.166. The number of rotatable bonds is 6. The maximum Gasteiger partial charge on any atom is 0.330 e. The Kier molecular flexibility index (Phi) is 5.94. The van der Waals surface area contributed by atoms with Crippen molar-refractivity contribution in [1.82, 2.24) is 10.2 Å². The first kappa shape index (κ1) is 21.3. The molecule has 2 aliphatic rings. The molecule has 1 N–H and O–H groups in total. The van der Waals surface area contributed by atoms with E-state index in [0.29, 0.717) is 5.75 Å². The van der Waals surface area contributed by atoms with Gasteiger partial charge in [-0.1, -0.05) is 30.3 Å². The van der Waals surface area contributed by atoms with E-state index in [0.717, 1.165) is 5.56 Å². The number of nitrogens with zero attached hydrogens (tertiary/aromatic N) is 1. The smallest absolute Gasteiger partial charge is 0.330 e. The highest BCUT2D eigenvalue weighted by atomic mass is 35.7. The minimum Gasteiger partial charge on any atom is -0.459 e. The third-order valence-corrected chi connectivity index (χ3v) is 9.79. The largest absolute Gasteiger partial charge is 0.459 e. The van der Waals surface area contributed by atoms with Crippen LogP contribution in [-0.2, 0) is 35.8 Å². The SMILES string of the molecule is CC[S+](Cl)[C@]1(NC(C)=O)C(=O)N2[C@@H](C(=O)OCc3ccccc3)C(C)(C)S[C@@H]21. The van der Waals surface area contributed by atoms with Gasteiger partial charge in [0, 0.05) is 11.7 Å². The van der Waals surface area contributed by atoms with Gasteiger partial charge in [0.1, 0.15) is 28.5 Å². The molecule has 0 radical (unpaired) electrons. The van der Waals surface area contributed by atoms with E-state index < -0.39 is 37.1 Å². The molecule has 4 atom stereocenters. The summed E-state index contributed by atoms with van der Waals surface area (Å²) in [5, 5.41) is 2.40. The summed E-state index contributed by atoms with van der Waals surface area (Å²) in [5.41, 5.74) is 0.881. The summed E-state index contributed by atoms with van der Waals surface area (Å²) in [4.78, 5) is 38.3. The van der Waals surface area contributed by atoms with E-state index in [1.54, 1.807) is 0 Å². The summed E-state index contributed by atoms with van der Waals surface area (Å²) < 4.78 is 4.95. The maximum atomic E-state index is 13.2. The molecule has 152 valence electrons. The van der Waals surface area contributed by atoms with Crippen LogP contribution >= 0.6 is 22.4 Å². The van der Waals surface area contributed by atoms with Gasteiger partial charge in [-0.15, -0.1) is 11.8 Å². The van der Waals surface area contributed by atoms with E-state index in [9.17, 15) is 14.4 Å². The first-order valence-electron chi connectivity index (χ1n) is 9.02. The molecule has 2 fully saturated rings. The van der Waals surface area contributed by atoms with Crippen LogP contribution in [0.2, 0.25) is 0 Å². The predicted molar refractivity (Wildman–Crippen MR) is 113 cm³/mol. The Morgan fingerprint density at radius 3 is 2.54 bits per heavy atom. The number of amides is 2. The summed E-state index contributed by atoms with van der Waals surface area (Å²) >= 11 is 1.48. The number of hydrogen-bond donors (Lipinski definition) is 1. The van der Waals surface area contributed by atoms with Crippen LogP contribution in [0.5, 0.6) is 0 Å². The molecule has 2 amide bonds. The first-order valence-corrected chi connectivity index (χ1v) is 12.1. The molecule has 28 heavy (non-hydrogen) atoms. The Balaban J connectivity index is 1.82. The van der Waals surface area contributed by atoms with Crippen molar-refractivity contribution in [1.29, 1.82) is 0 Å². The minimum absolute atomic E-state index is 0.148. The van der Waals surface area contributed by atoms with Gasteiger partial charge in [-0.05, 0) is 26.3 Å². The van der Waals surface area contributed by atoms with E-state index >= 15 is 0 Å². The summed E-state index contributed by atoms with van der Waals surface area (Å²) in [6.45, 7) is 7.22. The van der Waals surface area contributed by atoms with Gasteiger partial charge >= 0.3 is 16.7 Å². The molecular formula is C19H24ClN2O4S2+. The van der Waals surface area contributed by atoms with E-state index in [4.69, 9.17) is 15.4 Å². The average Bonchev–Trinajstić information content (AvgIpc) is 2.93. The lowest BCUT2D eigenvalue weighted by Gasteiger charge is -2.48. The third kappa shape index (κ3) is 3.39. The molecule has 0 aromatic heterocycles. The molecule has 3 rings (SSSR count). The summed E-state index contributed by atoms with van der Waals surface area (Å²) in [6, 6.07) is 8.67. The highest BCUT2D eigenvalue weighted by molar-refractivity contribution is 8.20. The standard InChI is InChI=1S/C19H23ClN2O4S2/c1-5-28(20)19(21-12(2)23)16(25)22-14(18(3,4)27-17(19)22)15(24)26-11-13-9-7-6-8-10-13/h6-10,14,17H,5,11H2,1-4H3/p+1/t14-,17+,19+,28?/m0/s1. The number of benzene rings is 1. The van der Waals surface area contributed by atoms with Gasteiger partial charge in [-0.25, -0.2) is 4.79 Å². The zero-order chi connectivity index (χ0) is 20.7. The van der Waals surface area contributed by atoms with E-state index in [2.05, 4.69) is 5.32 Å². The number of thioether (sulfide) groups is 1. The zero-order valence-electron chi connectivity index (χ0n) is 16.2. The van der Waals surface area contributed by atoms with Crippen molar-refractivity contribution in [3.63, 3.8) is 0 Å².